The van der Waals surface area contributed by atoms with Crippen LogP contribution in [0, 0.1) is 10.1 Å². The first kappa shape index (κ1) is 16.3. The van der Waals surface area contributed by atoms with Crippen LogP contribution in [-0.2, 0) is 9.84 Å². The Morgan fingerprint density at radius 1 is 1.41 bits per heavy atom. The van der Waals surface area contributed by atoms with Crippen LogP contribution in [-0.4, -0.2) is 41.9 Å². The number of nitro benzene ring substituents is 1. The van der Waals surface area contributed by atoms with Crippen molar-refractivity contribution in [2.24, 2.45) is 0 Å². The van der Waals surface area contributed by atoms with Gasteiger partial charge in [0.15, 0.2) is 14.9 Å². The smallest absolute Gasteiger partial charge is 0.270 e. The zero-order chi connectivity index (χ0) is 16.3. The maximum absolute atomic E-state index is 12.0. The van der Waals surface area contributed by atoms with Gasteiger partial charge >= 0.3 is 0 Å². The summed E-state index contributed by atoms with van der Waals surface area (Å²) in [5.41, 5.74) is -0.106. The SMILES string of the molecule is O=C(NC(=S)N[C@H]1CCS(=O)(=O)C1)c1cccc([N+](=O)[O-])c1. The molecule has 22 heavy (non-hydrogen) atoms. The fourth-order valence-electron chi connectivity index (χ4n) is 2.07. The maximum atomic E-state index is 12.0. The highest BCUT2D eigenvalue weighted by atomic mass is 32.2. The number of benzene rings is 1. The molecule has 0 aromatic heterocycles. The number of carbonyl (C=O) groups excluding carboxylic acids is 1. The van der Waals surface area contributed by atoms with E-state index in [2.05, 4.69) is 10.6 Å². The lowest BCUT2D eigenvalue weighted by Gasteiger charge is -2.13. The van der Waals surface area contributed by atoms with E-state index in [1.165, 1.54) is 18.2 Å². The summed E-state index contributed by atoms with van der Waals surface area (Å²) in [4.78, 5) is 22.0. The van der Waals surface area contributed by atoms with Crippen LogP contribution >= 0.6 is 12.2 Å². The van der Waals surface area contributed by atoms with Gasteiger partial charge in [-0.1, -0.05) is 6.07 Å². The first-order valence-corrected chi connectivity index (χ1v) is 8.56. The maximum Gasteiger partial charge on any atom is 0.270 e. The zero-order valence-corrected chi connectivity index (χ0v) is 12.9. The molecule has 1 aliphatic heterocycles. The van der Waals surface area contributed by atoms with Crippen molar-refractivity contribution < 1.29 is 18.1 Å². The second kappa shape index (κ2) is 6.36. The monoisotopic (exact) mass is 343 g/mol. The molecule has 118 valence electrons. The normalized spacial score (nSPS) is 19.4. The van der Waals surface area contributed by atoms with Gasteiger partial charge in [-0.3, -0.25) is 20.2 Å². The molecule has 0 spiro atoms. The molecule has 0 radical (unpaired) electrons. The molecule has 1 heterocycles. The van der Waals surface area contributed by atoms with Gasteiger partial charge in [-0.15, -0.1) is 0 Å². The van der Waals surface area contributed by atoms with Gasteiger partial charge in [0, 0.05) is 23.7 Å². The third kappa shape index (κ3) is 4.21. The van der Waals surface area contributed by atoms with Gasteiger partial charge in [-0.2, -0.15) is 0 Å². The molecule has 1 aromatic carbocycles. The third-order valence-corrected chi connectivity index (χ3v) is 5.10. The van der Waals surface area contributed by atoms with Crippen LogP contribution in [0.1, 0.15) is 16.8 Å². The number of nitro groups is 1. The number of nitrogens with one attached hydrogen (secondary N) is 2. The van der Waals surface area contributed by atoms with Crippen LogP contribution in [0.5, 0.6) is 0 Å². The van der Waals surface area contributed by atoms with Crippen molar-refractivity contribution in [2.45, 2.75) is 12.5 Å². The Morgan fingerprint density at radius 3 is 2.73 bits per heavy atom. The number of carbonyl (C=O) groups is 1. The van der Waals surface area contributed by atoms with Gasteiger partial charge in [-0.25, -0.2) is 8.42 Å². The molecule has 1 aliphatic rings. The van der Waals surface area contributed by atoms with Gasteiger partial charge in [0.25, 0.3) is 11.6 Å². The minimum absolute atomic E-state index is 0.00129. The largest absolute Gasteiger partial charge is 0.359 e. The first-order chi connectivity index (χ1) is 10.3. The third-order valence-electron chi connectivity index (χ3n) is 3.11. The summed E-state index contributed by atoms with van der Waals surface area (Å²) in [6.45, 7) is 0. The van der Waals surface area contributed by atoms with Crippen molar-refractivity contribution in [2.75, 3.05) is 11.5 Å². The molecule has 2 N–H and O–H groups in total. The highest BCUT2D eigenvalue weighted by Crippen LogP contribution is 2.13. The van der Waals surface area contributed by atoms with E-state index in [9.17, 15) is 23.3 Å². The van der Waals surface area contributed by atoms with E-state index in [1.807, 2.05) is 0 Å². The molecule has 10 heteroatoms. The van der Waals surface area contributed by atoms with Crippen molar-refractivity contribution in [3.05, 3.63) is 39.9 Å². The summed E-state index contributed by atoms with van der Waals surface area (Å²) in [5.74, 6) is -0.534. The molecule has 1 saturated heterocycles. The van der Waals surface area contributed by atoms with Gasteiger partial charge in [-0.05, 0) is 24.7 Å². The number of sulfone groups is 1. The lowest BCUT2D eigenvalue weighted by molar-refractivity contribution is -0.384. The molecule has 0 unspecified atom stereocenters. The summed E-state index contributed by atoms with van der Waals surface area (Å²) in [5, 5.41) is 15.8. The first-order valence-electron chi connectivity index (χ1n) is 6.33. The molecule has 2 rings (SSSR count). The van der Waals surface area contributed by atoms with Crippen molar-refractivity contribution in [3.63, 3.8) is 0 Å². The fraction of sp³-hybridized carbons (Fsp3) is 0.333. The van der Waals surface area contributed by atoms with E-state index >= 15 is 0 Å². The molecule has 1 fully saturated rings. The quantitative estimate of drug-likeness (QED) is 0.463. The Labute approximate surface area is 132 Å². The van der Waals surface area contributed by atoms with Gasteiger partial charge in [0.1, 0.15) is 0 Å². The van der Waals surface area contributed by atoms with Crippen LogP contribution < -0.4 is 10.6 Å². The number of thiocarbonyl (C=S) groups is 1. The summed E-state index contributed by atoms with van der Waals surface area (Å²) in [6, 6.07) is 4.90. The van der Waals surface area contributed by atoms with Crippen LogP contribution in [0.4, 0.5) is 5.69 Å². The Bertz CT molecular complexity index is 732. The summed E-state index contributed by atoms with van der Waals surface area (Å²) >= 11 is 4.95. The summed E-state index contributed by atoms with van der Waals surface area (Å²) in [6.07, 6.45) is 0.426. The number of hydrogen-bond donors (Lipinski definition) is 2. The second-order valence-corrected chi connectivity index (χ2v) is 7.47. The van der Waals surface area contributed by atoms with Gasteiger partial charge < -0.3 is 5.32 Å². The molecule has 0 saturated carbocycles. The minimum Gasteiger partial charge on any atom is -0.359 e. The van der Waals surface area contributed by atoms with Crippen molar-refractivity contribution in [1.29, 1.82) is 0 Å². The Kier molecular flexibility index (Phi) is 4.71. The average Bonchev–Trinajstić information content (AvgIpc) is 2.77. The van der Waals surface area contributed by atoms with Crippen molar-refractivity contribution in [3.8, 4) is 0 Å². The van der Waals surface area contributed by atoms with E-state index in [1.54, 1.807) is 0 Å². The summed E-state index contributed by atoms with van der Waals surface area (Å²) in [7, 11) is -3.05. The molecular weight excluding hydrogens is 330 g/mol. The molecule has 1 aromatic rings. The summed E-state index contributed by atoms with van der Waals surface area (Å²) < 4.78 is 22.7. The topological polar surface area (TPSA) is 118 Å². The Morgan fingerprint density at radius 2 is 2.14 bits per heavy atom. The molecule has 0 bridgehead atoms. The lowest BCUT2D eigenvalue weighted by atomic mass is 10.2. The molecule has 0 aliphatic carbocycles. The van der Waals surface area contributed by atoms with Crippen LogP contribution in [0.15, 0.2) is 24.3 Å². The molecular formula is C12H13N3O5S2. The number of amides is 1. The van der Waals surface area contributed by atoms with Crippen LogP contribution in [0.3, 0.4) is 0 Å². The van der Waals surface area contributed by atoms with Crippen molar-refractivity contribution in [1.82, 2.24) is 10.6 Å². The van der Waals surface area contributed by atoms with Crippen LogP contribution in [0.25, 0.3) is 0 Å². The number of nitrogens with zero attached hydrogens (tertiary/aromatic N) is 1. The fourth-order valence-corrected chi connectivity index (χ4v) is 4.00. The Hall–Kier alpha value is -2.07. The lowest BCUT2D eigenvalue weighted by Crippen LogP contribution is -2.44. The van der Waals surface area contributed by atoms with E-state index in [4.69, 9.17) is 12.2 Å². The van der Waals surface area contributed by atoms with Gasteiger partial charge in [0.2, 0.25) is 0 Å². The van der Waals surface area contributed by atoms with E-state index in [-0.39, 0.29) is 33.9 Å². The van der Waals surface area contributed by atoms with E-state index in [0.29, 0.717) is 6.42 Å². The standard InChI is InChI=1S/C12H13N3O5S2/c16-11(8-2-1-3-10(6-8)15(17)18)14-12(21)13-9-4-5-22(19,20)7-9/h1-3,6,9H,4-5,7H2,(H2,13,14,16,21)/t9-/m0/s1. The predicted octanol–water partition coefficient (Wildman–Crippen LogP) is 0.386. The van der Waals surface area contributed by atoms with Crippen LogP contribution in [0.2, 0.25) is 0 Å². The Balaban J connectivity index is 1.95. The molecule has 1 atom stereocenters. The molecule has 1 amide bonds. The number of non-ortho nitro benzene ring substituents is 1. The number of hydrogen-bond acceptors (Lipinski definition) is 6. The van der Waals surface area contributed by atoms with E-state index in [0.717, 1.165) is 6.07 Å². The van der Waals surface area contributed by atoms with Gasteiger partial charge in [0.05, 0.1) is 16.4 Å². The van der Waals surface area contributed by atoms with Crippen molar-refractivity contribution >= 4 is 38.8 Å². The zero-order valence-electron chi connectivity index (χ0n) is 11.3. The number of rotatable bonds is 3. The highest BCUT2D eigenvalue weighted by molar-refractivity contribution is 7.91. The minimum atomic E-state index is -3.05. The molecule has 8 nitrogen and oxygen atoms in total. The van der Waals surface area contributed by atoms with E-state index < -0.39 is 20.7 Å². The highest BCUT2D eigenvalue weighted by Gasteiger charge is 2.28. The average molecular weight is 343 g/mol. The second-order valence-electron chi connectivity index (χ2n) is 4.83. The predicted molar refractivity (Wildman–Crippen MR) is 83.4 cm³/mol.